The van der Waals surface area contributed by atoms with Gasteiger partial charge in [0.05, 0.1) is 0 Å². The van der Waals surface area contributed by atoms with Gasteiger partial charge in [0.1, 0.15) is 17.4 Å². The van der Waals surface area contributed by atoms with Gasteiger partial charge in [-0.05, 0) is 13.0 Å². The molecule has 0 bridgehead atoms. The van der Waals surface area contributed by atoms with E-state index < -0.39 is 11.6 Å². The van der Waals surface area contributed by atoms with Crippen molar-refractivity contribution in [2.75, 3.05) is 0 Å². The van der Waals surface area contributed by atoms with Crippen LogP contribution in [0, 0.1) is 11.6 Å². The SMILES string of the molecule is CC(=O)c1ccc(Oc2cc(F)cc(F)c2)nc1. The van der Waals surface area contributed by atoms with Crippen LogP contribution in [-0.4, -0.2) is 10.8 Å². The lowest BCUT2D eigenvalue weighted by molar-refractivity contribution is 0.101. The number of nitrogens with zero attached hydrogens (tertiary/aromatic N) is 1. The molecule has 2 aromatic rings. The zero-order chi connectivity index (χ0) is 13.1. The van der Waals surface area contributed by atoms with Crippen LogP contribution < -0.4 is 4.74 Å². The van der Waals surface area contributed by atoms with Crippen LogP contribution in [0.25, 0.3) is 0 Å². The second-order valence-electron chi connectivity index (χ2n) is 3.65. The molecular weight excluding hydrogens is 240 g/mol. The zero-order valence-electron chi connectivity index (χ0n) is 9.48. The lowest BCUT2D eigenvalue weighted by atomic mass is 10.2. The number of halogens is 2. The summed E-state index contributed by atoms with van der Waals surface area (Å²) in [7, 11) is 0. The van der Waals surface area contributed by atoms with Crippen LogP contribution >= 0.6 is 0 Å². The normalized spacial score (nSPS) is 10.2. The van der Waals surface area contributed by atoms with Gasteiger partial charge in [0, 0.05) is 36.0 Å². The van der Waals surface area contributed by atoms with Crippen molar-refractivity contribution >= 4 is 5.78 Å². The Morgan fingerprint density at radius 1 is 1.17 bits per heavy atom. The number of hydrogen-bond acceptors (Lipinski definition) is 3. The van der Waals surface area contributed by atoms with Crippen LogP contribution in [0.5, 0.6) is 11.6 Å². The van der Waals surface area contributed by atoms with Crippen molar-refractivity contribution in [2.24, 2.45) is 0 Å². The maximum absolute atomic E-state index is 12.9. The van der Waals surface area contributed by atoms with Gasteiger partial charge in [0.25, 0.3) is 0 Å². The molecule has 18 heavy (non-hydrogen) atoms. The van der Waals surface area contributed by atoms with Crippen molar-refractivity contribution in [3.63, 3.8) is 0 Å². The number of aromatic nitrogens is 1. The average molecular weight is 249 g/mol. The minimum Gasteiger partial charge on any atom is -0.439 e. The molecule has 0 amide bonds. The third-order valence-electron chi connectivity index (χ3n) is 2.20. The molecular formula is C13H9F2NO2. The summed E-state index contributed by atoms with van der Waals surface area (Å²) in [5.41, 5.74) is 0.438. The van der Waals surface area contributed by atoms with Crippen LogP contribution in [-0.2, 0) is 0 Å². The number of rotatable bonds is 3. The van der Waals surface area contributed by atoms with Crippen LogP contribution in [0.1, 0.15) is 17.3 Å². The third kappa shape index (κ3) is 2.88. The Hall–Kier alpha value is -2.30. The quantitative estimate of drug-likeness (QED) is 0.783. The molecule has 0 saturated heterocycles. The summed E-state index contributed by atoms with van der Waals surface area (Å²) in [6.07, 6.45) is 1.34. The van der Waals surface area contributed by atoms with Gasteiger partial charge in [0.2, 0.25) is 5.88 Å². The molecule has 2 rings (SSSR count). The number of carbonyl (C=O) groups is 1. The standard InChI is InChI=1S/C13H9F2NO2/c1-8(17)9-2-3-13(16-7-9)18-12-5-10(14)4-11(15)6-12/h2-7H,1H3. The van der Waals surface area contributed by atoms with Crippen molar-refractivity contribution in [2.45, 2.75) is 6.92 Å². The predicted molar refractivity (Wildman–Crippen MR) is 60.7 cm³/mol. The van der Waals surface area contributed by atoms with Gasteiger partial charge in [-0.3, -0.25) is 4.79 Å². The minimum atomic E-state index is -0.731. The summed E-state index contributed by atoms with van der Waals surface area (Å²) < 4.78 is 31.0. The number of hydrogen-bond donors (Lipinski definition) is 0. The maximum atomic E-state index is 12.9. The molecule has 0 aliphatic rings. The molecule has 1 heterocycles. The van der Waals surface area contributed by atoms with Gasteiger partial charge < -0.3 is 4.74 Å². The first kappa shape index (κ1) is 12.2. The molecule has 0 aliphatic carbocycles. The summed E-state index contributed by atoms with van der Waals surface area (Å²) in [5, 5.41) is 0. The van der Waals surface area contributed by atoms with Gasteiger partial charge in [-0.2, -0.15) is 0 Å². The number of ether oxygens (including phenoxy) is 1. The van der Waals surface area contributed by atoms with E-state index in [2.05, 4.69) is 4.98 Å². The molecule has 0 spiro atoms. The lowest BCUT2D eigenvalue weighted by Crippen LogP contribution is -1.95. The molecule has 1 aromatic carbocycles. The fraction of sp³-hybridized carbons (Fsp3) is 0.0769. The van der Waals surface area contributed by atoms with Gasteiger partial charge in [-0.15, -0.1) is 0 Å². The van der Waals surface area contributed by atoms with Crippen LogP contribution in [0.15, 0.2) is 36.5 Å². The van der Waals surface area contributed by atoms with Crippen LogP contribution in [0.3, 0.4) is 0 Å². The van der Waals surface area contributed by atoms with E-state index in [0.717, 1.165) is 18.2 Å². The largest absolute Gasteiger partial charge is 0.439 e. The smallest absolute Gasteiger partial charge is 0.219 e. The Kier molecular flexibility index (Phi) is 3.32. The topological polar surface area (TPSA) is 39.2 Å². The molecule has 0 N–H and O–H groups in total. The van der Waals surface area contributed by atoms with Gasteiger partial charge >= 0.3 is 0 Å². The molecule has 5 heteroatoms. The molecule has 0 radical (unpaired) electrons. The van der Waals surface area contributed by atoms with Crippen molar-refractivity contribution < 1.29 is 18.3 Å². The van der Waals surface area contributed by atoms with E-state index in [-0.39, 0.29) is 17.4 Å². The Morgan fingerprint density at radius 3 is 2.33 bits per heavy atom. The molecule has 0 fully saturated rings. The van der Waals surface area contributed by atoms with E-state index in [1.165, 1.54) is 25.3 Å². The summed E-state index contributed by atoms with van der Waals surface area (Å²) in [5.74, 6) is -1.41. The monoisotopic (exact) mass is 249 g/mol. The van der Waals surface area contributed by atoms with Crippen molar-refractivity contribution in [1.29, 1.82) is 0 Å². The second kappa shape index (κ2) is 4.91. The van der Waals surface area contributed by atoms with Crippen molar-refractivity contribution in [3.05, 3.63) is 53.7 Å². The highest BCUT2D eigenvalue weighted by molar-refractivity contribution is 5.93. The van der Waals surface area contributed by atoms with Crippen molar-refractivity contribution in [1.82, 2.24) is 4.98 Å². The van der Waals surface area contributed by atoms with Gasteiger partial charge in [-0.25, -0.2) is 13.8 Å². The molecule has 0 aliphatic heterocycles. The van der Waals surface area contributed by atoms with Gasteiger partial charge in [-0.1, -0.05) is 0 Å². The molecule has 0 unspecified atom stereocenters. The molecule has 0 saturated carbocycles. The first-order valence-electron chi connectivity index (χ1n) is 5.15. The minimum absolute atomic E-state index is 0.00979. The Labute approximate surface area is 102 Å². The summed E-state index contributed by atoms with van der Waals surface area (Å²) in [6, 6.07) is 5.83. The number of carbonyl (C=O) groups excluding carboxylic acids is 1. The van der Waals surface area contributed by atoms with Crippen molar-refractivity contribution in [3.8, 4) is 11.6 Å². The van der Waals surface area contributed by atoms with E-state index in [9.17, 15) is 13.6 Å². The number of benzene rings is 1. The van der Waals surface area contributed by atoms with E-state index >= 15 is 0 Å². The van der Waals surface area contributed by atoms with E-state index in [1.54, 1.807) is 0 Å². The molecule has 1 aromatic heterocycles. The molecule has 0 atom stereocenters. The number of ketones is 1. The van der Waals surface area contributed by atoms with Crippen LogP contribution in [0.4, 0.5) is 8.78 Å². The Balaban J connectivity index is 2.20. The summed E-state index contributed by atoms with van der Waals surface area (Å²) in [6.45, 7) is 1.42. The highest BCUT2D eigenvalue weighted by Gasteiger charge is 2.05. The average Bonchev–Trinajstić information content (AvgIpc) is 2.28. The molecule has 92 valence electrons. The second-order valence-corrected chi connectivity index (χ2v) is 3.65. The number of Topliss-reactive ketones (excluding diaryl/α,β-unsaturated/α-hetero) is 1. The lowest BCUT2D eigenvalue weighted by Gasteiger charge is -2.05. The maximum Gasteiger partial charge on any atom is 0.219 e. The van der Waals surface area contributed by atoms with E-state index in [1.807, 2.05) is 0 Å². The van der Waals surface area contributed by atoms with E-state index in [0.29, 0.717) is 5.56 Å². The first-order chi connectivity index (χ1) is 8.54. The highest BCUT2D eigenvalue weighted by atomic mass is 19.1. The zero-order valence-corrected chi connectivity index (χ0v) is 9.48. The predicted octanol–water partition coefficient (Wildman–Crippen LogP) is 3.35. The Bertz CT molecular complexity index is 562. The Morgan fingerprint density at radius 2 is 1.83 bits per heavy atom. The summed E-state index contributed by atoms with van der Waals surface area (Å²) in [4.78, 5) is 14.9. The summed E-state index contributed by atoms with van der Waals surface area (Å²) >= 11 is 0. The highest BCUT2D eigenvalue weighted by Crippen LogP contribution is 2.21. The van der Waals surface area contributed by atoms with Crippen LogP contribution in [0.2, 0.25) is 0 Å². The third-order valence-corrected chi connectivity index (χ3v) is 2.20. The molecule has 3 nitrogen and oxygen atoms in total. The fourth-order valence-electron chi connectivity index (χ4n) is 1.36. The fourth-order valence-corrected chi connectivity index (χ4v) is 1.36. The van der Waals surface area contributed by atoms with E-state index in [4.69, 9.17) is 4.74 Å². The first-order valence-corrected chi connectivity index (χ1v) is 5.15. The number of pyridine rings is 1. The van der Waals surface area contributed by atoms with Gasteiger partial charge in [0.15, 0.2) is 5.78 Å².